The third-order valence-corrected chi connectivity index (χ3v) is 7.03. The lowest BCUT2D eigenvalue weighted by Crippen LogP contribution is -2.25. The minimum atomic E-state index is -0.835. The zero-order valence-electron chi connectivity index (χ0n) is 20.3. The van der Waals surface area contributed by atoms with Gasteiger partial charge in [0.15, 0.2) is 23.2 Å². The van der Waals surface area contributed by atoms with Crippen LogP contribution in [0.2, 0.25) is 0 Å². The molecule has 0 aromatic heterocycles. The van der Waals surface area contributed by atoms with E-state index in [0.717, 1.165) is 18.4 Å². The molecule has 5 heteroatoms. The first-order chi connectivity index (χ1) is 16.9. The van der Waals surface area contributed by atoms with Crippen LogP contribution in [-0.4, -0.2) is 5.97 Å². The number of halogens is 3. The Hall–Kier alpha value is -3.08. The van der Waals surface area contributed by atoms with Gasteiger partial charge in [-0.1, -0.05) is 62.7 Å². The van der Waals surface area contributed by atoms with Crippen molar-refractivity contribution in [3.8, 4) is 16.9 Å². The number of aryl methyl sites for hydroxylation is 2. The molecule has 0 heterocycles. The molecule has 0 radical (unpaired) electrons. The van der Waals surface area contributed by atoms with Gasteiger partial charge in [-0.2, -0.15) is 0 Å². The first kappa shape index (κ1) is 25.0. The summed E-state index contributed by atoms with van der Waals surface area (Å²) in [5, 5.41) is 0. The second-order valence-electron chi connectivity index (χ2n) is 9.37. The SMILES string of the molecule is CCCc1ccc(-c2ccc(C3CCC(C(=O)Oc4ccc(CC)cc4F)CC3)c(F)c2F)cc1. The van der Waals surface area contributed by atoms with Crippen LogP contribution in [0.5, 0.6) is 5.75 Å². The number of carbonyl (C=O) groups excluding carboxylic acids is 1. The van der Waals surface area contributed by atoms with Gasteiger partial charge < -0.3 is 4.74 Å². The van der Waals surface area contributed by atoms with Gasteiger partial charge in [-0.15, -0.1) is 0 Å². The normalized spacial score (nSPS) is 17.9. The number of ether oxygens (including phenoxy) is 1. The van der Waals surface area contributed by atoms with E-state index in [0.29, 0.717) is 43.2 Å². The van der Waals surface area contributed by atoms with Crippen LogP contribution >= 0.6 is 0 Å². The maximum absolute atomic E-state index is 15.1. The van der Waals surface area contributed by atoms with E-state index in [9.17, 15) is 9.18 Å². The summed E-state index contributed by atoms with van der Waals surface area (Å²) < 4.78 is 49.6. The van der Waals surface area contributed by atoms with Crippen LogP contribution in [0.4, 0.5) is 13.2 Å². The summed E-state index contributed by atoms with van der Waals surface area (Å²) in [6.07, 6.45) is 4.72. The fraction of sp³-hybridized carbons (Fsp3) is 0.367. The van der Waals surface area contributed by atoms with Gasteiger partial charge in [-0.25, -0.2) is 13.2 Å². The van der Waals surface area contributed by atoms with Gasteiger partial charge in [-0.3, -0.25) is 4.79 Å². The standard InChI is InChI=1S/C30H31F3O2/c1-3-5-20-6-9-21(10-7-20)24-15-16-25(29(33)28(24)32)22-11-13-23(14-12-22)30(34)35-27-17-8-19(4-2)18-26(27)31/h6-10,15-18,22-23H,3-5,11-14H2,1-2H3. The Morgan fingerprint density at radius 2 is 1.54 bits per heavy atom. The highest BCUT2D eigenvalue weighted by molar-refractivity contribution is 5.75. The summed E-state index contributed by atoms with van der Waals surface area (Å²) in [7, 11) is 0. The molecular weight excluding hydrogens is 449 g/mol. The molecule has 4 rings (SSSR count). The summed E-state index contributed by atoms with van der Waals surface area (Å²) in [6.45, 7) is 4.02. The van der Waals surface area contributed by atoms with Crippen molar-refractivity contribution >= 4 is 5.97 Å². The first-order valence-electron chi connectivity index (χ1n) is 12.5. The fourth-order valence-corrected chi connectivity index (χ4v) is 4.92. The minimum absolute atomic E-state index is 0.0687. The minimum Gasteiger partial charge on any atom is -0.423 e. The molecule has 35 heavy (non-hydrogen) atoms. The lowest BCUT2D eigenvalue weighted by atomic mass is 9.78. The number of carbonyl (C=O) groups is 1. The molecule has 0 spiro atoms. The predicted octanol–water partition coefficient (Wildman–Crippen LogP) is 8.17. The van der Waals surface area contributed by atoms with E-state index in [1.807, 2.05) is 31.2 Å². The number of benzene rings is 3. The Kier molecular flexibility index (Phi) is 7.94. The van der Waals surface area contributed by atoms with E-state index >= 15 is 8.78 Å². The van der Waals surface area contributed by atoms with Gasteiger partial charge in [0.25, 0.3) is 0 Å². The average molecular weight is 481 g/mol. The monoisotopic (exact) mass is 480 g/mol. The van der Waals surface area contributed by atoms with Crippen molar-refractivity contribution < 1.29 is 22.7 Å². The van der Waals surface area contributed by atoms with Crippen molar-refractivity contribution in [3.63, 3.8) is 0 Å². The van der Waals surface area contributed by atoms with E-state index in [-0.39, 0.29) is 23.1 Å². The molecule has 3 aromatic rings. The van der Waals surface area contributed by atoms with Crippen LogP contribution in [0.15, 0.2) is 54.6 Å². The van der Waals surface area contributed by atoms with Crippen molar-refractivity contribution in [1.82, 2.24) is 0 Å². The largest absolute Gasteiger partial charge is 0.423 e. The molecule has 0 saturated heterocycles. The van der Waals surface area contributed by atoms with E-state index < -0.39 is 23.4 Å². The zero-order chi connectivity index (χ0) is 24.9. The van der Waals surface area contributed by atoms with Crippen molar-refractivity contribution in [2.75, 3.05) is 0 Å². The third kappa shape index (κ3) is 5.61. The van der Waals surface area contributed by atoms with Gasteiger partial charge >= 0.3 is 5.97 Å². The molecule has 1 fully saturated rings. The molecule has 1 saturated carbocycles. The molecule has 184 valence electrons. The second kappa shape index (κ2) is 11.1. The highest BCUT2D eigenvalue weighted by atomic mass is 19.2. The summed E-state index contributed by atoms with van der Waals surface area (Å²) in [6, 6.07) is 15.5. The molecule has 0 N–H and O–H groups in total. The van der Waals surface area contributed by atoms with Gasteiger partial charge in [0.05, 0.1) is 5.92 Å². The molecule has 2 nitrogen and oxygen atoms in total. The van der Waals surface area contributed by atoms with Crippen molar-refractivity contribution in [3.05, 3.63) is 88.7 Å². The van der Waals surface area contributed by atoms with Gasteiger partial charge in [0, 0.05) is 5.56 Å². The van der Waals surface area contributed by atoms with Crippen LogP contribution in [0, 0.1) is 23.4 Å². The van der Waals surface area contributed by atoms with Crippen LogP contribution < -0.4 is 4.74 Å². The van der Waals surface area contributed by atoms with Crippen molar-refractivity contribution in [2.45, 2.75) is 64.7 Å². The summed E-state index contributed by atoms with van der Waals surface area (Å²) in [5.74, 6) is -3.30. The summed E-state index contributed by atoms with van der Waals surface area (Å²) in [4.78, 5) is 12.6. The maximum atomic E-state index is 15.1. The van der Waals surface area contributed by atoms with E-state index in [2.05, 4.69) is 6.92 Å². The molecule has 1 aliphatic carbocycles. The fourth-order valence-electron chi connectivity index (χ4n) is 4.92. The Bertz CT molecular complexity index is 1180. The summed E-state index contributed by atoms with van der Waals surface area (Å²) in [5.41, 5.74) is 3.25. The molecule has 0 bridgehead atoms. The molecular formula is C30H31F3O2. The topological polar surface area (TPSA) is 26.3 Å². The number of hydrogen-bond acceptors (Lipinski definition) is 2. The molecule has 0 atom stereocenters. The van der Waals surface area contributed by atoms with E-state index in [1.54, 1.807) is 18.2 Å². The Balaban J connectivity index is 1.41. The number of esters is 1. The lowest BCUT2D eigenvalue weighted by molar-refractivity contribution is -0.140. The van der Waals surface area contributed by atoms with Crippen LogP contribution in [-0.2, 0) is 17.6 Å². The molecule has 1 aliphatic rings. The van der Waals surface area contributed by atoms with Crippen molar-refractivity contribution in [2.24, 2.45) is 5.92 Å². The van der Waals surface area contributed by atoms with Gasteiger partial charge in [-0.05, 0) is 78.8 Å². The quantitative estimate of drug-likeness (QED) is 0.252. The highest BCUT2D eigenvalue weighted by Gasteiger charge is 2.31. The van der Waals surface area contributed by atoms with Crippen molar-refractivity contribution in [1.29, 1.82) is 0 Å². The molecule has 0 aliphatic heterocycles. The number of rotatable bonds is 7. The average Bonchev–Trinajstić information content (AvgIpc) is 2.88. The molecule has 0 amide bonds. The third-order valence-electron chi connectivity index (χ3n) is 7.03. The van der Waals surface area contributed by atoms with E-state index in [4.69, 9.17) is 4.74 Å². The highest BCUT2D eigenvalue weighted by Crippen LogP contribution is 2.39. The van der Waals surface area contributed by atoms with Crippen LogP contribution in [0.25, 0.3) is 11.1 Å². The van der Waals surface area contributed by atoms with Crippen LogP contribution in [0.1, 0.15) is 68.6 Å². The van der Waals surface area contributed by atoms with Crippen LogP contribution in [0.3, 0.4) is 0 Å². The zero-order valence-corrected chi connectivity index (χ0v) is 20.3. The Morgan fingerprint density at radius 1 is 0.857 bits per heavy atom. The van der Waals surface area contributed by atoms with E-state index in [1.165, 1.54) is 17.7 Å². The smallest absolute Gasteiger partial charge is 0.314 e. The lowest BCUT2D eigenvalue weighted by Gasteiger charge is -2.28. The Morgan fingerprint density at radius 3 is 2.17 bits per heavy atom. The first-order valence-corrected chi connectivity index (χ1v) is 12.5. The van der Waals surface area contributed by atoms with Gasteiger partial charge in [0.1, 0.15) is 0 Å². The second-order valence-corrected chi connectivity index (χ2v) is 9.37. The predicted molar refractivity (Wildman–Crippen MR) is 132 cm³/mol. The molecule has 3 aromatic carbocycles. The maximum Gasteiger partial charge on any atom is 0.314 e. The number of hydrogen-bond donors (Lipinski definition) is 0. The Labute approximate surface area is 205 Å². The summed E-state index contributed by atoms with van der Waals surface area (Å²) >= 11 is 0. The van der Waals surface area contributed by atoms with Gasteiger partial charge in [0.2, 0.25) is 0 Å². The molecule has 0 unspecified atom stereocenters.